The third kappa shape index (κ3) is 4.94. The Morgan fingerprint density at radius 3 is 2.63 bits per heavy atom. The van der Waals surface area contributed by atoms with E-state index in [4.69, 9.17) is 0 Å². The first kappa shape index (κ1) is 19.5. The minimum absolute atomic E-state index is 0.0235. The molecule has 27 heavy (non-hydrogen) atoms. The van der Waals surface area contributed by atoms with Crippen molar-refractivity contribution in [3.8, 4) is 11.4 Å². The molecule has 0 saturated heterocycles. The number of anilines is 1. The van der Waals surface area contributed by atoms with Gasteiger partial charge in [0.2, 0.25) is 0 Å². The van der Waals surface area contributed by atoms with E-state index in [-0.39, 0.29) is 17.7 Å². The lowest BCUT2D eigenvalue weighted by atomic mass is 9.95. The highest BCUT2D eigenvalue weighted by molar-refractivity contribution is 7.91. The van der Waals surface area contributed by atoms with Crippen LogP contribution in [0, 0.1) is 0 Å². The summed E-state index contributed by atoms with van der Waals surface area (Å²) in [4.78, 5) is 11.7. The summed E-state index contributed by atoms with van der Waals surface area (Å²) in [6.07, 6.45) is 1.71. The van der Waals surface area contributed by atoms with Gasteiger partial charge in [-0.2, -0.15) is 13.2 Å². The zero-order chi connectivity index (χ0) is 19.7. The van der Waals surface area contributed by atoms with Gasteiger partial charge in [0.15, 0.2) is 11.5 Å². The monoisotopic (exact) mass is 400 g/mol. The predicted molar refractivity (Wildman–Crippen MR) is 94.8 cm³/mol. The van der Waals surface area contributed by atoms with E-state index < -0.39 is 27.0 Å². The van der Waals surface area contributed by atoms with Crippen molar-refractivity contribution >= 4 is 15.7 Å². The normalized spacial score (nSPS) is 21.0. The fourth-order valence-electron chi connectivity index (χ4n) is 3.16. The van der Waals surface area contributed by atoms with Gasteiger partial charge in [-0.05, 0) is 31.4 Å². The molecule has 0 amide bonds. The second kappa shape index (κ2) is 7.41. The highest BCUT2D eigenvalue weighted by atomic mass is 32.2. The van der Waals surface area contributed by atoms with Crippen LogP contribution in [0.1, 0.15) is 31.4 Å². The Labute approximate surface area is 155 Å². The van der Waals surface area contributed by atoms with Gasteiger partial charge in [0.25, 0.3) is 0 Å². The summed E-state index contributed by atoms with van der Waals surface area (Å²) in [7, 11) is -3.19. The molecule has 1 aliphatic carbocycles. The van der Waals surface area contributed by atoms with Crippen LogP contribution >= 0.6 is 0 Å². The van der Waals surface area contributed by atoms with Crippen LogP contribution in [0.2, 0.25) is 0 Å². The zero-order valence-electron chi connectivity index (χ0n) is 14.6. The van der Waals surface area contributed by atoms with Gasteiger partial charge in [-0.15, -0.1) is 0 Å². The SMILES string of the molecule is CS(=O)(=O)C1CCCC(Nc2cc(C(F)(F)F)nc(-c3cccnc3)n2)C1. The van der Waals surface area contributed by atoms with Gasteiger partial charge in [-0.1, -0.05) is 6.42 Å². The molecular formula is C17H19F3N4O2S. The van der Waals surface area contributed by atoms with Gasteiger partial charge in [0.1, 0.15) is 15.7 Å². The van der Waals surface area contributed by atoms with Crippen molar-refractivity contribution in [2.45, 2.75) is 43.2 Å². The van der Waals surface area contributed by atoms with Gasteiger partial charge >= 0.3 is 6.18 Å². The average Bonchev–Trinajstić information content (AvgIpc) is 2.61. The van der Waals surface area contributed by atoms with Crippen LogP contribution in [0.25, 0.3) is 11.4 Å². The van der Waals surface area contributed by atoms with Gasteiger partial charge in [-0.25, -0.2) is 18.4 Å². The number of halogens is 3. The van der Waals surface area contributed by atoms with E-state index in [2.05, 4.69) is 20.3 Å². The van der Waals surface area contributed by atoms with E-state index in [0.29, 0.717) is 31.2 Å². The molecule has 2 aromatic rings. The van der Waals surface area contributed by atoms with Crippen LogP contribution in [0.5, 0.6) is 0 Å². The number of sulfone groups is 1. The lowest BCUT2D eigenvalue weighted by Gasteiger charge is -2.29. The van der Waals surface area contributed by atoms with E-state index in [9.17, 15) is 21.6 Å². The molecule has 1 aliphatic rings. The third-order valence-corrected chi connectivity index (χ3v) is 6.16. The summed E-state index contributed by atoms with van der Waals surface area (Å²) in [5, 5.41) is 2.47. The molecule has 0 aliphatic heterocycles. The highest BCUT2D eigenvalue weighted by Gasteiger charge is 2.34. The smallest absolute Gasteiger partial charge is 0.367 e. The fraction of sp³-hybridized carbons (Fsp3) is 0.471. The molecule has 1 fully saturated rings. The van der Waals surface area contributed by atoms with Crippen LogP contribution in [-0.2, 0) is 16.0 Å². The molecule has 3 rings (SSSR count). The Balaban J connectivity index is 1.90. The first-order chi connectivity index (χ1) is 12.6. The number of hydrogen-bond donors (Lipinski definition) is 1. The molecule has 2 atom stereocenters. The number of nitrogens with one attached hydrogen (secondary N) is 1. The molecule has 2 unspecified atom stereocenters. The lowest BCUT2D eigenvalue weighted by Crippen LogP contribution is -2.34. The maximum atomic E-state index is 13.2. The van der Waals surface area contributed by atoms with E-state index in [0.717, 1.165) is 6.07 Å². The fourth-order valence-corrected chi connectivity index (χ4v) is 4.34. The first-order valence-corrected chi connectivity index (χ1v) is 10.4. The highest BCUT2D eigenvalue weighted by Crippen LogP contribution is 2.32. The number of nitrogens with zero attached hydrogens (tertiary/aromatic N) is 3. The molecule has 0 aromatic carbocycles. The molecule has 10 heteroatoms. The van der Waals surface area contributed by atoms with Crippen molar-refractivity contribution in [3.63, 3.8) is 0 Å². The first-order valence-electron chi connectivity index (χ1n) is 8.45. The van der Waals surface area contributed by atoms with E-state index in [1.54, 1.807) is 12.1 Å². The Bertz CT molecular complexity index is 904. The topological polar surface area (TPSA) is 84.8 Å². The van der Waals surface area contributed by atoms with Gasteiger partial charge in [0.05, 0.1) is 5.25 Å². The van der Waals surface area contributed by atoms with E-state index in [1.807, 2.05) is 0 Å². The number of alkyl halides is 3. The van der Waals surface area contributed by atoms with Crippen molar-refractivity contribution in [1.82, 2.24) is 15.0 Å². The minimum atomic E-state index is -4.63. The number of pyridine rings is 1. The summed E-state index contributed by atoms with van der Waals surface area (Å²) in [6.45, 7) is 0. The van der Waals surface area contributed by atoms with Crippen LogP contribution in [0.3, 0.4) is 0 Å². The Morgan fingerprint density at radius 2 is 2.00 bits per heavy atom. The van der Waals surface area contributed by atoms with E-state index in [1.165, 1.54) is 18.6 Å². The summed E-state index contributed by atoms with van der Waals surface area (Å²) < 4.78 is 63.3. The largest absolute Gasteiger partial charge is 0.433 e. The van der Waals surface area contributed by atoms with Gasteiger partial charge < -0.3 is 5.32 Å². The quantitative estimate of drug-likeness (QED) is 0.848. The third-order valence-electron chi connectivity index (χ3n) is 4.52. The molecule has 0 spiro atoms. The summed E-state index contributed by atoms with van der Waals surface area (Å²) >= 11 is 0. The molecule has 0 bridgehead atoms. The second-order valence-electron chi connectivity index (χ2n) is 6.66. The van der Waals surface area contributed by atoms with Crippen LogP contribution in [0.15, 0.2) is 30.6 Å². The van der Waals surface area contributed by atoms with Crippen molar-refractivity contribution in [3.05, 3.63) is 36.3 Å². The maximum Gasteiger partial charge on any atom is 0.433 e. The summed E-state index contributed by atoms with van der Waals surface area (Å²) in [5.74, 6) is -0.0637. The second-order valence-corrected chi connectivity index (χ2v) is 8.99. The molecule has 0 radical (unpaired) electrons. The van der Waals surface area contributed by atoms with Crippen LogP contribution in [0.4, 0.5) is 19.0 Å². The molecule has 2 heterocycles. The standard InChI is InChI=1S/C17H19F3N4O2S/c1-27(25,26)13-6-2-5-12(8-13)22-15-9-14(17(18,19)20)23-16(24-15)11-4-3-7-21-10-11/h3-4,7,9-10,12-13H,2,5-6,8H2,1H3,(H,22,23,24). The Morgan fingerprint density at radius 1 is 1.22 bits per heavy atom. The lowest BCUT2D eigenvalue weighted by molar-refractivity contribution is -0.141. The molecule has 2 aromatic heterocycles. The zero-order valence-corrected chi connectivity index (χ0v) is 15.4. The van der Waals surface area contributed by atoms with Crippen molar-refractivity contribution in [2.24, 2.45) is 0 Å². The van der Waals surface area contributed by atoms with Gasteiger partial charge in [-0.3, -0.25) is 4.98 Å². The number of rotatable bonds is 4. The Hall–Kier alpha value is -2.23. The van der Waals surface area contributed by atoms with Gasteiger partial charge in [0, 0.05) is 36.3 Å². The predicted octanol–water partition coefficient (Wildman–Crippen LogP) is 3.33. The Kier molecular flexibility index (Phi) is 5.36. The molecule has 1 N–H and O–H groups in total. The summed E-state index contributed by atoms with van der Waals surface area (Å²) in [6, 6.07) is 3.75. The van der Waals surface area contributed by atoms with Crippen LogP contribution in [-0.4, -0.2) is 40.9 Å². The average molecular weight is 400 g/mol. The van der Waals surface area contributed by atoms with Crippen molar-refractivity contribution in [2.75, 3.05) is 11.6 Å². The van der Waals surface area contributed by atoms with Crippen molar-refractivity contribution < 1.29 is 21.6 Å². The molecule has 1 saturated carbocycles. The molecular weight excluding hydrogens is 381 g/mol. The number of aromatic nitrogens is 3. The van der Waals surface area contributed by atoms with Crippen molar-refractivity contribution in [1.29, 1.82) is 0 Å². The summed E-state index contributed by atoms with van der Waals surface area (Å²) in [5.41, 5.74) is -0.696. The maximum absolute atomic E-state index is 13.2. The van der Waals surface area contributed by atoms with E-state index >= 15 is 0 Å². The van der Waals surface area contributed by atoms with Crippen LogP contribution < -0.4 is 5.32 Å². The number of hydrogen-bond acceptors (Lipinski definition) is 6. The molecule has 6 nitrogen and oxygen atoms in total. The minimum Gasteiger partial charge on any atom is -0.367 e. The molecule has 146 valence electrons.